The van der Waals surface area contributed by atoms with Crippen LogP contribution in [0.2, 0.25) is 0 Å². The molecule has 2 rings (SSSR count). The van der Waals surface area contributed by atoms with Gasteiger partial charge in [0.05, 0.1) is 0 Å². The summed E-state index contributed by atoms with van der Waals surface area (Å²) in [5.74, 6) is 0. The Hall–Kier alpha value is -0.990. The van der Waals surface area contributed by atoms with Gasteiger partial charge < -0.3 is 10.2 Å². The van der Waals surface area contributed by atoms with Crippen LogP contribution in [0.1, 0.15) is 12.8 Å². The Morgan fingerprint density at radius 2 is 2.70 bits per heavy atom. The van der Waals surface area contributed by atoms with Crippen LogP contribution in [0.25, 0.3) is 0 Å². The number of carbonyl (C=O) groups excluding carboxylic acids is 1. The average Bonchev–Trinajstić information content (AvgIpc) is 2.30. The topological polar surface area (TPSA) is 32.3 Å². The van der Waals surface area contributed by atoms with Crippen LogP contribution >= 0.6 is 0 Å². The van der Waals surface area contributed by atoms with Gasteiger partial charge in [0.15, 0.2) is 0 Å². The van der Waals surface area contributed by atoms with Gasteiger partial charge in [-0.05, 0) is 12.8 Å². The highest BCUT2D eigenvalue weighted by atomic mass is 16.1. The first-order chi connectivity index (χ1) is 4.88. The maximum atomic E-state index is 10.3. The monoisotopic (exact) mass is 138 g/mol. The number of carbonyl (C=O) groups is 1. The molecule has 2 bridgehead atoms. The predicted octanol–water partition coefficient (Wildman–Crippen LogP) is 0.0518. The highest BCUT2D eigenvalue weighted by Gasteiger charge is 2.24. The zero-order valence-corrected chi connectivity index (χ0v) is 5.71. The third-order valence-electron chi connectivity index (χ3n) is 2.04. The number of amides is 1. The molecule has 0 aromatic heterocycles. The highest BCUT2D eigenvalue weighted by molar-refractivity contribution is 5.50. The van der Waals surface area contributed by atoms with Crippen LogP contribution in [0, 0.1) is 0 Å². The molecule has 10 heavy (non-hydrogen) atoms. The van der Waals surface area contributed by atoms with Gasteiger partial charge in [-0.15, -0.1) is 0 Å². The summed E-state index contributed by atoms with van der Waals surface area (Å²) >= 11 is 0. The van der Waals surface area contributed by atoms with Crippen LogP contribution in [0.4, 0.5) is 0 Å². The number of nitrogens with zero attached hydrogens (tertiary/aromatic N) is 1. The lowest BCUT2D eigenvalue weighted by Crippen LogP contribution is -2.37. The van der Waals surface area contributed by atoms with Gasteiger partial charge in [0.25, 0.3) is 0 Å². The van der Waals surface area contributed by atoms with Crippen molar-refractivity contribution in [1.82, 2.24) is 10.2 Å². The van der Waals surface area contributed by atoms with Crippen LogP contribution in [-0.4, -0.2) is 23.9 Å². The first-order valence-corrected chi connectivity index (χ1v) is 3.57. The van der Waals surface area contributed by atoms with Crippen molar-refractivity contribution < 1.29 is 4.79 Å². The zero-order chi connectivity index (χ0) is 6.97. The van der Waals surface area contributed by atoms with Crippen LogP contribution in [-0.2, 0) is 4.79 Å². The van der Waals surface area contributed by atoms with E-state index in [-0.39, 0.29) is 0 Å². The van der Waals surface area contributed by atoms with Gasteiger partial charge in [-0.25, -0.2) is 0 Å². The molecule has 0 aliphatic carbocycles. The molecule has 0 aromatic rings. The number of hydrogen-bond donors (Lipinski definition) is 1. The van der Waals surface area contributed by atoms with Crippen LogP contribution in [0.3, 0.4) is 0 Å². The normalized spacial score (nSPS) is 29.4. The van der Waals surface area contributed by atoms with Crippen molar-refractivity contribution in [2.45, 2.75) is 18.9 Å². The maximum absolute atomic E-state index is 10.3. The van der Waals surface area contributed by atoms with E-state index in [0.29, 0.717) is 6.04 Å². The van der Waals surface area contributed by atoms with Gasteiger partial charge in [-0.1, -0.05) is 0 Å². The molecule has 1 atom stereocenters. The van der Waals surface area contributed by atoms with E-state index in [1.165, 1.54) is 12.1 Å². The largest absolute Gasteiger partial charge is 0.383 e. The van der Waals surface area contributed by atoms with Gasteiger partial charge in [0.2, 0.25) is 6.41 Å². The van der Waals surface area contributed by atoms with E-state index in [0.717, 1.165) is 19.4 Å². The Morgan fingerprint density at radius 3 is 3.40 bits per heavy atom. The van der Waals surface area contributed by atoms with Crippen LogP contribution in [0.5, 0.6) is 0 Å². The number of nitrogens with one attached hydrogen (secondary N) is 1. The van der Waals surface area contributed by atoms with E-state index >= 15 is 0 Å². The molecule has 0 saturated carbocycles. The molecule has 54 valence electrons. The minimum Gasteiger partial charge on any atom is -0.383 e. The lowest BCUT2D eigenvalue weighted by molar-refractivity contribution is -0.116. The number of rotatable bonds is 1. The quantitative estimate of drug-likeness (QED) is 0.519. The van der Waals surface area contributed by atoms with Crippen molar-refractivity contribution in [3.8, 4) is 0 Å². The summed E-state index contributed by atoms with van der Waals surface area (Å²) in [4.78, 5) is 12.0. The molecule has 3 nitrogen and oxygen atoms in total. The molecule has 3 heteroatoms. The van der Waals surface area contributed by atoms with E-state index in [2.05, 4.69) is 5.32 Å². The lowest BCUT2D eigenvalue weighted by Gasteiger charge is -2.23. The Labute approximate surface area is 59.7 Å². The molecule has 2 aliphatic rings. The molecule has 0 spiro atoms. The molecule has 0 aromatic carbocycles. The van der Waals surface area contributed by atoms with Crippen molar-refractivity contribution in [2.24, 2.45) is 0 Å². The second-order valence-electron chi connectivity index (χ2n) is 2.84. The van der Waals surface area contributed by atoms with Crippen molar-refractivity contribution in [1.29, 1.82) is 0 Å². The average molecular weight is 138 g/mol. The van der Waals surface area contributed by atoms with E-state index in [1.54, 1.807) is 4.90 Å². The Balaban J connectivity index is 2.19. The third-order valence-corrected chi connectivity index (χ3v) is 2.04. The third kappa shape index (κ3) is 0.781. The molecule has 1 amide bonds. The smallest absolute Gasteiger partial charge is 0.213 e. The summed E-state index contributed by atoms with van der Waals surface area (Å²) in [7, 11) is 0. The van der Waals surface area contributed by atoms with E-state index < -0.39 is 0 Å². The summed E-state index contributed by atoms with van der Waals surface area (Å²) in [6.07, 6.45) is 5.07. The molecular formula is C7H10N2O. The molecular weight excluding hydrogens is 128 g/mol. The van der Waals surface area contributed by atoms with Crippen LogP contribution in [0.15, 0.2) is 11.9 Å². The van der Waals surface area contributed by atoms with E-state index in [9.17, 15) is 4.79 Å². The molecule has 1 N–H and O–H groups in total. The minimum absolute atomic E-state index is 0.519. The van der Waals surface area contributed by atoms with E-state index in [4.69, 9.17) is 0 Å². The number of fused-ring (bicyclic) bond motifs is 2. The number of allylic oxidation sites excluding steroid dienone is 1. The summed E-state index contributed by atoms with van der Waals surface area (Å²) in [5.41, 5.74) is 1.21. The molecule has 1 fully saturated rings. The second kappa shape index (κ2) is 2.01. The summed E-state index contributed by atoms with van der Waals surface area (Å²) < 4.78 is 0. The predicted molar refractivity (Wildman–Crippen MR) is 37.0 cm³/mol. The standard InChI is InChI=1S/C7H10N2O/c10-5-9-3-6-1-2-7(4-9)8-6/h3,5,7-8H,1-2,4H2. The molecule has 0 radical (unpaired) electrons. The Morgan fingerprint density at radius 1 is 1.80 bits per heavy atom. The van der Waals surface area contributed by atoms with Gasteiger partial charge in [-0.3, -0.25) is 4.79 Å². The molecule has 1 unspecified atom stereocenters. The molecule has 2 aliphatic heterocycles. The molecule has 1 saturated heterocycles. The van der Waals surface area contributed by atoms with Gasteiger partial charge in [0, 0.05) is 24.5 Å². The fourth-order valence-electron chi connectivity index (χ4n) is 1.56. The first-order valence-electron chi connectivity index (χ1n) is 3.57. The minimum atomic E-state index is 0.519. The van der Waals surface area contributed by atoms with Crippen molar-refractivity contribution in [2.75, 3.05) is 6.54 Å². The maximum Gasteiger partial charge on any atom is 0.213 e. The number of hydrogen-bond acceptors (Lipinski definition) is 2. The van der Waals surface area contributed by atoms with E-state index in [1.807, 2.05) is 6.20 Å². The van der Waals surface area contributed by atoms with Gasteiger partial charge >= 0.3 is 0 Å². The van der Waals surface area contributed by atoms with Crippen molar-refractivity contribution in [3.63, 3.8) is 0 Å². The second-order valence-corrected chi connectivity index (χ2v) is 2.84. The van der Waals surface area contributed by atoms with Crippen LogP contribution < -0.4 is 5.32 Å². The Bertz CT molecular complexity index is 188. The fourth-order valence-corrected chi connectivity index (χ4v) is 1.56. The molecule has 2 heterocycles. The summed E-state index contributed by atoms with van der Waals surface area (Å²) in [6, 6.07) is 0.519. The SMILES string of the molecule is O=CN1C=C2CCC(C1)N2. The van der Waals surface area contributed by atoms with Gasteiger partial charge in [0.1, 0.15) is 0 Å². The highest BCUT2D eigenvalue weighted by Crippen LogP contribution is 2.20. The lowest BCUT2D eigenvalue weighted by atomic mass is 10.2. The van der Waals surface area contributed by atoms with Crippen molar-refractivity contribution in [3.05, 3.63) is 11.9 Å². The van der Waals surface area contributed by atoms with Gasteiger partial charge in [-0.2, -0.15) is 0 Å². The van der Waals surface area contributed by atoms with Crippen molar-refractivity contribution >= 4 is 6.41 Å². The fraction of sp³-hybridized carbons (Fsp3) is 0.571. The zero-order valence-electron chi connectivity index (χ0n) is 5.71. The summed E-state index contributed by atoms with van der Waals surface area (Å²) in [5, 5.41) is 3.32. The Kier molecular flexibility index (Phi) is 1.16. The first kappa shape index (κ1) is 5.77. The summed E-state index contributed by atoms with van der Waals surface area (Å²) in [6.45, 7) is 0.840.